The lowest BCUT2D eigenvalue weighted by Crippen LogP contribution is -2.22. The summed E-state index contributed by atoms with van der Waals surface area (Å²) in [6, 6.07) is 34.3. The van der Waals surface area contributed by atoms with Gasteiger partial charge in [-0.3, -0.25) is 0 Å². The maximum Gasteiger partial charge on any atom is 0.127 e. The van der Waals surface area contributed by atoms with Gasteiger partial charge in [0.05, 0.1) is 6.61 Å². The summed E-state index contributed by atoms with van der Waals surface area (Å²) in [7, 11) is 4.26. The molecule has 4 rings (SSSR count). The van der Waals surface area contributed by atoms with E-state index in [-0.39, 0.29) is 12.4 Å². The molecule has 0 saturated heterocycles. The minimum absolute atomic E-state index is 0. The molecule has 0 radical (unpaired) electrons. The highest BCUT2D eigenvalue weighted by Crippen LogP contribution is 2.30. The van der Waals surface area contributed by atoms with Gasteiger partial charge in [-0.1, -0.05) is 103 Å². The zero-order valence-electron chi connectivity index (χ0n) is 19.4. The molecule has 3 heteroatoms. The second kappa shape index (κ2) is 12.2. The Labute approximate surface area is 203 Å². The van der Waals surface area contributed by atoms with Crippen LogP contribution in [0.4, 0.5) is 0 Å². The lowest BCUT2D eigenvalue weighted by Gasteiger charge is -2.25. The molecule has 1 atom stereocenters. The number of hydrogen-bond donors (Lipinski definition) is 0. The predicted molar refractivity (Wildman–Crippen MR) is 143 cm³/mol. The number of nitrogens with zero attached hydrogens (tertiary/aromatic N) is 1. The van der Waals surface area contributed by atoms with Gasteiger partial charge in [-0.2, -0.15) is 0 Å². The molecule has 0 amide bonds. The molecule has 4 aromatic carbocycles. The minimum Gasteiger partial charge on any atom is -0.493 e. The van der Waals surface area contributed by atoms with E-state index in [1.165, 1.54) is 27.5 Å². The standard InChI is InChI=1S/C30H31NO.ClH/c1-31(2)29(26-15-7-4-8-16-26)22-23-32-30-21-20-25(27-18-9-10-19-28(27)30)17-11-14-24-12-5-3-6-13-24;/h3-16,18-21,29H,17,22-23H2,1-2H3;1H. The third-order valence-electron chi connectivity index (χ3n) is 5.88. The SMILES string of the molecule is CN(C)C(CCOc1ccc(CC=Cc2ccccc2)c2ccccc12)c1ccccc1.Cl. The number of ether oxygens (including phenoxy) is 1. The number of hydrogen-bond acceptors (Lipinski definition) is 2. The molecule has 1 unspecified atom stereocenters. The van der Waals surface area contributed by atoms with E-state index < -0.39 is 0 Å². The van der Waals surface area contributed by atoms with Gasteiger partial charge in [0.25, 0.3) is 0 Å². The van der Waals surface area contributed by atoms with Crippen molar-refractivity contribution in [2.75, 3.05) is 20.7 Å². The molecule has 0 bridgehead atoms. The van der Waals surface area contributed by atoms with E-state index in [1.54, 1.807) is 0 Å². The Hall–Kier alpha value is -3.07. The Balaban J connectivity index is 0.00000306. The van der Waals surface area contributed by atoms with Crippen molar-refractivity contribution < 1.29 is 4.74 Å². The first-order valence-corrected chi connectivity index (χ1v) is 11.3. The van der Waals surface area contributed by atoms with Crippen LogP contribution < -0.4 is 4.74 Å². The lowest BCUT2D eigenvalue weighted by molar-refractivity contribution is 0.225. The van der Waals surface area contributed by atoms with E-state index in [1.807, 2.05) is 6.07 Å². The van der Waals surface area contributed by atoms with Gasteiger partial charge >= 0.3 is 0 Å². The van der Waals surface area contributed by atoms with E-state index in [9.17, 15) is 0 Å². The largest absolute Gasteiger partial charge is 0.493 e. The van der Waals surface area contributed by atoms with Crippen molar-refractivity contribution in [2.24, 2.45) is 0 Å². The van der Waals surface area contributed by atoms with Crippen molar-refractivity contribution in [1.29, 1.82) is 0 Å². The fourth-order valence-corrected chi connectivity index (χ4v) is 4.20. The first kappa shape index (κ1) is 24.6. The van der Waals surface area contributed by atoms with Gasteiger partial charge in [-0.05, 0) is 48.7 Å². The van der Waals surface area contributed by atoms with E-state index in [4.69, 9.17) is 4.74 Å². The first-order chi connectivity index (χ1) is 15.7. The fraction of sp³-hybridized carbons (Fsp3) is 0.200. The highest BCUT2D eigenvalue weighted by Gasteiger charge is 2.14. The molecule has 170 valence electrons. The van der Waals surface area contributed by atoms with E-state index >= 15 is 0 Å². The van der Waals surface area contributed by atoms with Crippen LogP contribution in [-0.4, -0.2) is 25.6 Å². The third-order valence-corrected chi connectivity index (χ3v) is 5.88. The molecular weight excluding hydrogens is 426 g/mol. The average molecular weight is 458 g/mol. The van der Waals surface area contributed by atoms with Gasteiger partial charge in [0.15, 0.2) is 0 Å². The Kier molecular flexibility index (Phi) is 9.12. The third kappa shape index (κ3) is 6.47. The van der Waals surface area contributed by atoms with Crippen LogP contribution in [0.15, 0.2) is 103 Å². The van der Waals surface area contributed by atoms with Crippen LogP contribution >= 0.6 is 12.4 Å². The molecule has 0 spiro atoms. The molecule has 0 aliphatic heterocycles. The smallest absolute Gasteiger partial charge is 0.127 e. The van der Waals surface area contributed by atoms with Crippen molar-refractivity contribution in [2.45, 2.75) is 18.9 Å². The molecule has 0 aromatic heterocycles. The highest BCUT2D eigenvalue weighted by atomic mass is 35.5. The molecule has 0 N–H and O–H groups in total. The van der Waals surface area contributed by atoms with Gasteiger partial charge in [-0.25, -0.2) is 0 Å². The van der Waals surface area contributed by atoms with Crippen LogP contribution in [0.3, 0.4) is 0 Å². The zero-order chi connectivity index (χ0) is 22.2. The molecule has 2 nitrogen and oxygen atoms in total. The minimum atomic E-state index is 0. The first-order valence-electron chi connectivity index (χ1n) is 11.3. The summed E-state index contributed by atoms with van der Waals surface area (Å²) in [6.07, 6.45) is 6.25. The summed E-state index contributed by atoms with van der Waals surface area (Å²) in [5, 5.41) is 2.44. The Morgan fingerprint density at radius 2 is 1.39 bits per heavy atom. The second-order valence-electron chi connectivity index (χ2n) is 8.31. The van der Waals surface area contributed by atoms with Crippen molar-refractivity contribution in [3.63, 3.8) is 0 Å². The number of rotatable bonds is 9. The lowest BCUT2D eigenvalue weighted by atomic mass is 10.0. The predicted octanol–water partition coefficient (Wildman–Crippen LogP) is 7.59. The Morgan fingerprint density at radius 1 is 0.758 bits per heavy atom. The van der Waals surface area contributed by atoms with Gasteiger partial charge in [0.1, 0.15) is 5.75 Å². The number of allylic oxidation sites excluding steroid dienone is 1. The fourth-order valence-electron chi connectivity index (χ4n) is 4.20. The maximum absolute atomic E-state index is 6.31. The van der Waals surface area contributed by atoms with Crippen LogP contribution in [0, 0.1) is 0 Å². The quantitative estimate of drug-likeness (QED) is 0.256. The van der Waals surface area contributed by atoms with E-state index in [0.717, 1.165) is 18.6 Å². The number of benzene rings is 4. The monoisotopic (exact) mass is 457 g/mol. The molecular formula is C30H32ClNO. The number of fused-ring (bicyclic) bond motifs is 1. The van der Waals surface area contributed by atoms with Gasteiger partial charge < -0.3 is 9.64 Å². The summed E-state index contributed by atoms with van der Waals surface area (Å²) in [4.78, 5) is 2.26. The Morgan fingerprint density at radius 3 is 2.09 bits per heavy atom. The average Bonchev–Trinajstić information content (AvgIpc) is 2.83. The van der Waals surface area contributed by atoms with Crippen molar-refractivity contribution in [3.8, 4) is 5.75 Å². The molecule has 0 aliphatic carbocycles. The van der Waals surface area contributed by atoms with Gasteiger partial charge in [0, 0.05) is 17.8 Å². The molecule has 33 heavy (non-hydrogen) atoms. The van der Waals surface area contributed by atoms with Crippen molar-refractivity contribution >= 4 is 29.3 Å². The summed E-state index contributed by atoms with van der Waals surface area (Å²) < 4.78 is 6.31. The van der Waals surface area contributed by atoms with Gasteiger partial charge in [0.2, 0.25) is 0 Å². The van der Waals surface area contributed by atoms with Gasteiger partial charge in [-0.15, -0.1) is 12.4 Å². The van der Waals surface area contributed by atoms with Crippen LogP contribution in [0.5, 0.6) is 5.75 Å². The van der Waals surface area contributed by atoms with E-state index in [0.29, 0.717) is 12.6 Å². The Bertz CT molecular complexity index is 1160. The van der Waals surface area contributed by atoms with Crippen LogP contribution in [0.2, 0.25) is 0 Å². The summed E-state index contributed by atoms with van der Waals surface area (Å²) >= 11 is 0. The van der Waals surface area contributed by atoms with E-state index in [2.05, 4.69) is 122 Å². The van der Waals surface area contributed by atoms with Crippen LogP contribution in [0.1, 0.15) is 29.2 Å². The van der Waals surface area contributed by atoms with Crippen molar-refractivity contribution in [3.05, 3.63) is 120 Å². The van der Waals surface area contributed by atoms with Crippen molar-refractivity contribution in [1.82, 2.24) is 4.90 Å². The second-order valence-corrected chi connectivity index (χ2v) is 8.31. The molecule has 0 heterocycles. The summed E-state index contributed by atoms with van der Waals surface area (Å²) in [5.41, 5.74) is 3.87. The molecule has 0 aliphatic rings. The molecule has 0 saturated carbocycles. The normalized spacial score (nSPS) is 12.1. The summed E-state index contributed by atoms with van der Waals surface area (Å²) in [5.74, 6) is 0.960. The molecule has 0 fully saturated rings. The van der Waals surface area contributed by atoms with Crippen LogP contribution in [0.25, 0.3) is 16.8 Å². The highest BCUT2D eigenvalue weighted by molar-refractivity contribution is 5.91. The zero-order valence-corrected chi connectivity index (χ0v) is 20.2. The van der Waals surface area contributed by atoms with Crippen LogP contribution in [-0.2, 0) is 6.42 Å². The topological polar surface area (TPSA) is 12.5 Å². The summed E-state index contributed by atoms with van der Waals surface area (Å²) in [6.45, 7) is 0.676. The maximum atomic E-state index is 6.31. The number of halogens is 1. The molecule has 4 aromatic rings.